The van der Waals surface area contributed by atoms with Gasteiger partial charge in [0.1, 0.15) is 6.10 Å². The van der Waals surface area contributed by atoms with Crippen molar-refractivity contribution in [2.24, 2.45) is 5.92 Å². The molecule has 1 N–H and O–H groups in total. The maximum absolute atomic E-state index is 5.90. The number of hydrogen-bond donors (Lipinski definition) is 1. The lowest BCUT2D eigenvalue weighted by Gasteiger charge is -2.33. The minimum atomic E-state index is -0.0229. The van der Waals surface area contributed by atoms with Gasteiger partial charge in [0, 0.05) is 12.6 Å². The number of ether oxygens (including phenoxy) is 1. The van der Waals surface area contributed by atoms with E-state index < -0.39 is 0 Å². The first-order valence-electron chi connectivity index (χ1n) is 7.77. The van der Waals surface area contributed by atoms with Crippen LogP contribution >= 0.6 is 0 Å². The predicted molar refractivity (Wildman–Crippen MR) is 72.0 cm³/mol. The third kappa shape index (κ3) is 2.73. The van der Waals surface area contributed by atoms with Crippen molar-refractivity contribution in [3.63, 3.8) is 0 Å². The molecule has 1 aromatic heterocycles. The summed E-state index contributed by atoms with van der Waals surface area (Å²) in [7, 11) is 0. The van der Waals surface area contributed by atoms with Crippen LogP contribution in [0.25, 0.3) is 0 Å². The van der Waals surface area contributed by atoms with E-state index in [0.29, 0.717) is 24.3 Å². The van der Waals surface area contributed by atoms with Gasteiger partial charge >= 0.3 is 0 Å². The van der Waals surface area contributed by atoms with Crippen molar-refractivity contribution in [1.82, 2.24) is 20.4 Å². The summed E-state index contributed by atoms with van der Waals surface area (Å²) in [5, 5.41) is 7.46. The molecule has 2 atom stereocenters. The molecule has 2 aliphatic heterocycles. The molecule has 20 heavy (non-hydrogen) atoms. The molecule has 1 aliphatic carbocycles. The third-order valence-electron chi connectivity index (χ3n) is 4.57. The van der Waals surface area contributed by atoms with Crippen LogP contribution in [0.15, 0.2) is 4.52 Å². The van der Waals surface area contributed by atoms with E-state index in [1.165, 1.54) is 32.2 Å². The van der Waals surface area contributed by atoms with Gasteiger partial charge in [0.25, 0.3) is 0 Å². The van der Waals surface area contributed by atoms with Gasteiger partial charge in [-0.3, -0.25) is 4.90 Å². The largest absolute Gasteiger partial charge is 0.367 e. The second kappa shape index (κ2) is 5.42. The molecular weight excluding hydrogens is 256 g/mol. The van der Waals surface area contributed by atoms with Crippen LogP contribution in [0, 0.1) is 5.92 Å². The van der Waals surface area contributed by atoms with E-state index in [4.69, 9.17) is 9.26 Å². The molecule has 0 spiro atoms. The first-order chi connectivity index (χ1) is 9.88. The fourth-order valence-electron chi connectivity index (χ4n) is 3.15. The zero-order valence-electron chi connectivity index (χ0n) is 11.8. The SMILES string of the molecule is C1CC2COC(c3noc(CNCC4CC4)n3)CN2C1. The van der Waals surface area contributed by atoms with E-state index in [-0.39, 0.29) is 6.10 Å². The highest BCUT2D eigenvalue weighted by molar-refractivity contribution is 4.97. The molecule has 1 saturated carbocycles. The summed E-state index contributed by atoms with van der Waals surface area (Å²) in [5.74, 6) is 2.25. The predicted octanol–water partition coefficient (Wildman–Crippen LogP) is 1.10. The molecule has 6 nitrogen and oxygen atoms in total. The standard InChI is InChI=1S/C14H22N4O2/c1-2-11-9-19-12(8-18(11)5-1)14-16-13(20-17-14)7-15-6-10-3-4-10/h10-12,15H,1-9H2. The lowest BCUT2D eigenvalue weighted by Crippen LogP contribution is -2.42. The van der Waals surface area contributed by atoms with Gasteiger partial charge < -0.3 is 14.6 Å². The van der Waals surface area contributed by atoms with Crippen molar-refractivity contribution in [2.75, 3.05) is 26.2 Å². The van der Waals surface area contributed by atoms with E-state index in [1.54, 1.807) is 0 Å². The summed E-state index contributed by atoms with van der Waals surface area (Å²) in [6, 6.07) is 0.609. The van der Waals surface area contributed by atoms with Crippen molar-refractivity contribution in [3.05, 3.63) is 11.7 Å². The lowest BCUT2D eigenvalue weighted by molar-refractivity contribution is -0.0548. The van der Waals surface area contributed by atoms with Crippen LogP contribution in [-0.2, 0) is 11.3 Å². The smallest absolute Gasteiger partial charge is 0.240 e. The number of morpholine rings is 1. The van der Waals surface area contributed by atoms with Gasteiger partial charge in [-0.05, 0) is 44.7 Å². The minimum absolute atomic E-state index is 0.0229. The Morgan fingerprint density at radius 2 is 2.25 bits per heavy atom. The summed E-state index contributed by atoms with van der Waals surface area (Å²) in [6.45, 7) is 4.61. The molecular formula is C14H22N4O2. The summed E-state index contributed by atoms with van der Waals surface area (Å²) in [5.41, 5.74) is 0. The number of aromatic nitrogens is 2. The first kappa shape index (κ1) is 12.7. The Balaban J connectivity index is 1.32. The zero-order chi connectivity index (χ0) is 13.4. The van der Waals surface area contributed by atoms with Crippen LogP contribution < -0.4 is 5.32 Å². The average Bonchev–Trinajstić information content (AvgIpc) is 2.99. The van der Waals surface area contributed by atoms with Crippen LogP contribution in [0.5, 0.6) is 0 Å². The molecule has 3 aliphatic rings. The molecule has 0 radical (unpaired) electrons. The third-order valence-corrected chi connectivity index (χ3v) is 4.57. The Kier molecular flexibility index (Phi) is 3.45. The number of fused-ring (bicyclic) bond motifs is 1. The Bertz CT molecular complexity index is 460. The molecule has 0 amide bonds. The van der Waals surface area contributed by atoms with Crippen molar-refractivity contribution in [2.45, 2.75) is 44.4 Å². The van der Waals surface area contributed by atoms with Gasteiger partial charge in [0.2, 0.25) is 11.7 Å². The van der Waals surface area contributed by atoms with Gasteiger partial charge in [-0.1, -0.05) is 5.16 Å². The summed E-state index contributed by atoms with van der Waals surface area (Å²) >= 11 is 0. The molecule has 2 unspecified atom stereocenters. The highest BCUT2D eigenvalue weighted by Gasteiger charge is 2.34. The molecule has 1 aromatic rings. The van der Waals surface area contributed by atoms with Crippen molar-refractivity contribution >= 4 is 0 Å². The van der Waals surface area contributed by atoms with Crippen LogP contribution in [0.1, 0.15) is 43.5 Å². The van der Waals surface area contributed by atoms with Crippen LogP contribution in [-0.4, -0.2) is 47.3 Å². The molecule has 110 valence electrons. The van der Waals surface area contributed by atoms with Gasteiger partial charge in [-0.15, -0.1) is 0 Å². The molecule has 0 bridgehead atoms. The number of nitrogens with zero attached hydrogens (tertiary/aromatic N) is 3. The van der Waals surface area contributed by atoms with E-state index in [1.807, 2.05) is 0 Å². The number of nitrogens with one attached hydrogen (secondary N) is 1. The fraction of sp³-hybridized carbons (Fsp3) is 0.857. The molecule has 3 heterocycles. The lowest BCUT2D eigenvalue weighted by atomic mass is 10.2. The number of rotatable bonds is 5. The van der Waals surface area contributed by atoms with E-state index in [2.05, 4.69) is 20.4 Å². The van der Waals surface area contributed by atoms with Gasteiger partial charge in [0.15, 0.2) is 0 Å². The Morgan fingerprint density at radius 3 is 3.15 bits per heavy atom. The molecule has 2 saturated heterocycles. The summed E-state index contributed by atoms with van der Waals surface area (Å²) in [4.78, 5) is 6.97. The molecule has 3 fully saturated rings. The second-order valence-corrected chi connectivity index (χ2v) is 6.23. The summed E-state index contributed by atoms with van der Waals surface area (Å²) < 4.78 is 11.2. The van der Waals surface area contributed by atoms with Crippen LogP contribution in [0.3, 0.4) is 0 Å². The Morgan fingerprint density at radius 1 is 1.30 bits per heavy atom. The van der Waals surface area contributed by atoms with Crippen LogP contribution in [0.2, 0.25) is 0 Å². The highest BCUT2D eigenvalue weighted by Crippen LogP contribution is 2.29. The summed E-state index contributed by atoms with van der Waals surface area (Å²) in [6.07, 6.45) is 5.23. The maximum atomic E-state index is 5.90. The van der Waals surface area contributed by atoms with Crippen molar-refractivity contribution in [1.29, 1.82) is 0 Å². The van der Waals surface area contributed by atoms with Gasteiger partial charge in [-0.2, -0.15) is 4.98 Å². The Labute approximate surface area is 118 Å². The zero-order valence-corrected chi connectivity index (χ0v) is 11.8. The quantitative estimate of drug-likeness (QED) is 0.870. The van der Waals surface area contributed by atoms with E-state index in [9.17, 15) is 0 Å². The first-order valence-corrected chi connectivity index (χ1v) is 7.77. The maximum Gasteiger partial charge on any atom is 0.240 e. The minimum Gasteiger partial charge on any atom is -0.367 e. The molecule has 0 aromatic carbocycles. The normalized spacial score (nSPS) is 30.6. The van der Waals surface area contributed by atoms with Crippen LogP contribution in [0.4, 0.5) is 0 Å². The second-order valence-electron chi connectivity index (χ2n) is 6.23. The average molecular weight is 278 g/mol. The van der Waals surface area contributed by atoms with E-state index in [0.717, 1.165) is 25.6 Å². The monoisotopic (exact) mass is 278 g/mol. The Hall–Kier alpha value is -0.980. The van der Waals surface area contributed by atoms with Gasteiger partial charge in [-0.25, -0.2) is 0 Å². The fourth-order valence-corrected chi connectivity index (χ4v) is 3.15. The molecule has 4 rings (SSSR count). The van der Waals surface area contributed by atoms with E-state index >= 15 is 0 Å². The van der Waals surface area contributed by atoms with Gasteiger partial charge in [0.05, 0.1) is 13.2 Å². The number of hydrogen-bond acceptors (Lipinski definition) is 6. The van der Waals surface area contributed by atoms with Crippen molar-refractivity contribution < 1.29 is 9.26 Å². The molecule has 6 heteroatoms. The topological polar surface area (TPSA) is 63.4 Å². The van der Waals surface area contributed by atoms with Crippen molar-refractivity contribution in [3.8, 4) is 0 Å². The highest BCUT2D eigenvalue weighted by atomic mass is 16.5.